The Morgan fingerprint density at radius 1 is 1.15 bits per heavy atom. The van der Waals surface area contributed by atoms with Crippen molar-refractivity contribution in [1.29, 1.82) is 0 Å². The molecule has 3 aromatic rings. The van der Waals surface area contributed by atoms with Crippen LogP contribution in [0.5, 0.6) is 0 Å². The Balaban J connectivity index is 1.44. The van der Waals surface area contributed by atoms with Gasteiger partial charge in [-0.15, -0.1) is 22.7 Å². The summed E-state index contributed by atoms with van der Waals surface area (Å²) in [4.78, 5) is 17.6. The second kappa shape index (κ2) is 7.92. The highest BCUT2D eigenvalue weighted by atomic mass is 35.5. The minimum Gasteiger partial charge on any atom is -0.351 e. The number of halogens is 1. The minimum atomic E-state index is 0.0557. The Morgan fingerprint density at radius 3 is 2.77 bits per heavy atom. The predicted molar refractivity (Wildman–Crippen MR) is 109 cm³/mol. The third-order valence-electron chi connectivity index (χ3n) is 4.63. The molecule has 0 radical (unpaired) electrons. The van der Waals surface area contributed by atoms with Crippen LogP contribution in [0, 0.1) is 0 Å². The number of hydrogen-bond donors (Lipinski definition) is 1. The SMILES string of the molecule is O=C(CN1CCc2sccc2[C@@H]1c1cccs1)NCc1ccc(Cl)cc1. The summed E-state index contributed by atoms with van der Waals surface area (Å²) in [5.74, 6) is 0.0557. The number of benzene rings is 1. The van der Waals surface area contributed by atoms with Gasteiger partial charge in [0, 0.05) is 27.9 Å². The van der Waals surface area contributed by atoms with Gasteiger partial charge in [-0.25, -0.2) is 0 Å². The van der Waals surface area contributed by atoms with E-state index < -0.39 is 0 Å². The Bertz CT molecular complexity index is 874. The lowest BCUT2D eigenvalue weighted by atomic mass is 9.98. The summed E-state index contributed by atoms with van der Waals surface area (Å²) in [6.45, 7) is 1.84. The molecule has 4 rings (SSSR count). The van der Waals surface area contributed by atoms with Gasteiger partial charge in [0.25, 0.3) is 0 Å². The van der Waals surface area contributed by atoms with Gasteiger partial charge in [0.2, 0.25) is 5.91 Å². The molecule has 1 aromatic carbocycles. The normalized spacial score (nSPS) is 17.0. The summed E-state index contributed by atoms with van der Waals surface area (Å²) in [5, 5.41) is 8.01. The van der Waals surface area contributed by atoms with Crippen LogP contribution in [-0.2, 0) is 17.8 Å². The average Bonchev–Trinajstić information content (AvgIpc) is 3.33. The molecule has 2 aromatic heterocycles. The first-order chi connectivity index (χ1) is 12.7. The summed E-state index contributed by atoms with van der Waals surface area (Å²) in [6.07, 6.45) is 1.01. The fourth-order valence-electron chi connectivity index (χ4n) is 3.36. The first kappa shape index (κ1) is 17.7. The highest BCUT2D eigenvalue weighted by Crippen LogP contribution is 2.39. The van der Waals surface area contributed by atoms with E-state index in [0.717, 1.165) is 18.5 Å². The molecule has 1 amide bonds. The molecular weight excluding hydrogens is 384 g/mol. The van der Waals surface area contributed by atoms with E-state index in [9.17, 15) is 4.79 Å². The number of hydrogen-bond acceptors (Lipinski definition) is 4. The van der Waals surface area contributed by atoms with Gasteiger partial charge in [-0.1, -0.05) is 29.8 Å². The van der Waals surface area contributed by atoms with Gasteiger partial charge >= 0.3 is 0 Å². The number of fused-ring (bicyclic) bond motifs is 1. The van der Waals surface area contributed by atoms with Crippen molar-refractivity contribution in [3.63, 3.8) is 0 Å². The van der Waals surface area contributed by atoms with Crippen LogP contribution >= 0.6 is 34.3 Å². The van der Waals surface area contributed by atoms with Crippen molar-refractivity contribution in [1.82, 2.24) is 10.2 Å². The zero-order valence-corrected chi connectivity index (χ0v) is 16.5. The van der Waals surface area contributed by atoms with Gasteiger partial charge in [-0.05, 0) is 52.6 Å². The van der Waals surface area contributed by atoms with E-state index in [1.54, 1.807) is 11.3 Å². The summed E-state index contributed by atoms with van der Waals surface area (Å²) >= 11 is 9.49. The topological polar surface area (TPSA) is 32.3 Å². The van der Waals surface area contributed by atoms with Crippen molar-refractivity contribution in [2.75, 3.05) is 13.1 Å². The highest BCUT2D eigenvalue weighted by Gasteiger charge is 2.31. The van der Waals surface area contributed by atoms with Gasteiger partial charge in [0.1, 0.15) is 0 Å². The number of nitrogens with zero attached hydrogens (tertiary/aromatic N) is 1. The fourth-order valence-corrected chi connectivity index (χ4v) is 5.27. The van der Waals surface area contributed by atoms with E-state index in [2.05, 4.69) is 39.2 Å². The molecule has 3 nitrogen and oxygen atoms in total. The van der Waals surface area contributed by atoms with Gasteiger partial charge in [-0.2, -0.15) is 0 Å². The van der Waals surface area contributed by atoms with Gasteiger partial charge in [0.05, 0.1) is 12.6 Å². The maximum absolute atomic E-state index is 12.5. The van der Waals surface area contributed by atoms with Crippen LogP contribution in [0.1, 0.15) is 26.9 Å². The third kappa shape index (κ3) is 3.86. The van der Waals surface area contributed by atoms with Crippen LogP contribution in [-0.4, -0.2) is 23.9 Å². The standard InChI is InChI=1S/C20H19ClN2OS2/c21-15-5-3-14(4-6-15)12-22-19(24)13-23-9-7-17-16(8-11-26-17)20(23)18-2-1-10-25-18/h1-6,8,10-11,20H,7,9,12-13H2,(H,22,24)/t20-/m1/s1. The first-order valence-electron chi connectivity index (χ1n) is 8.55. The molecule has 0 fully saturated rings. The second-order valence-electron chi connectivity index (χ2n) is 6.34. The monoisotopic (exact) mass is 402 g/mol. The number of rotatable bonds is 5. The minimum absolute atomic E-state index is 0.0557. The summed E-state index contributed by atoms with van der Waals surface area (Å²) < 4.78 is 0. The lowest BCUT2D eigenvalue weighted by Crippen LogP contribution is -2.42. The molecule has 0 saturated heterocycles. The largest absolute Gasteiger partial charge is 0.351 e. The molecule has 26 heavy (non-hydrogen) atoms. The summed E-state index contributed by atoms with van der Waals surface area (Å²) in [5.41, 5.74) is 2.41. The Morgan fingerprint density at radius 2 is 2.00 bits per heavy atom. The molecule has 0 saturated carbocycles. The maximum Gasteiger partial charge on any atom is 0.234 e. The molecule has 0 unspecified atom stereocenters. The number of amides is 1. The molecule has 134 valence electrons. The predicted octanol–water partition coefficient (Wildman–Crippen LogP) is 4.73. The van der Waals surface area contributed by atoms with Gasteiger partial charge in [0.15, 0.2) is 0 Å². The quantitative estimate of drug-likeness (QED) is 0.669. The van der Waals surface area contributed by atoms with Crippen LogP contribution in [0.25, 0.3) is 0 Å². The lowest BCUT2D eigenvalue weighted by Gasteiger charge is -2.34. The van der Waals surface area contributed by atoms with Gasteiger partial charge < -0.3 is 5.32 Å². The smallest absolute Gasteiger partial charge is 0.234 e. The Hall–Kier alpha value is -1.66. The van der Waals surface area contributed by atoms with Crippen LogP contribution < -0.4 is 5.32 Å². The van der Waals surface area contributed by atoms with Crippen molar-refractivity contribution in [3.8, 4) is 0 Å². The van der Waals surface area contributed by atoms with Gasteiger partial charge in [-0.3, -0.25) is 9.69 Å². The van der Waals surface area contributed by atoms with Crippen LogP contribution in [0.15, 0.2) is 53.2 Å². The molecule has 0 aliphatic carbocycles. The molecule has 1 N–H and O–H groups in total. The van der Waals surface area contributed by atoms with E-state index >= 15 is 0 Å². The Kier molecular flexibility index (Phi) is 5.41. The number of carbonyl (C=O) groups is 1. The van der Waals surface area contributed by atoms with E-state index in [1.807, 2.05) is 35.6 Å². The van der Waals surface area contributed by atoms with Crippen molar-refractivity contribution in [3.05, 3.63) is 79.1 Å². The zero-order chi connectivity index (χ0) is 17.9. The van der Waals surface area contributed by atoms with Crippen molar-refractivity contribution in [2.45, 2.75) is 19.0 Å². The molecule has 1 aliphatic heterocycles. The molecule has 0 bridgehead atoms. The van der Waals surface area contributed by atoms with Crippen molar-refractivity contribution in [2.24, 2.45) is 0 Å². The average molecular weight is 403 g/mol. The third-order valence-corrected chi connectivity index (χ3v) is 6.80. The number of thiophene rings is 2. The molecule has 0 spiro atoms. The maximum atomic E-state index is 12.5. The van der Waals surface area contributed by atoms with E-state index in [1.165, 1.54) is 15.3 Å². The number of nitrogens with one attached hydrogen (secondary N) is 1. The number of carbonyl (C=O) groups excluding carboxylic acids is 1. The molecule has 1 aliphatic rings. The first-order valence-corrected chi connectivity index (χ1v) is 10.7. The lowest BCUT2D eigenvalue weighted by molar-refractivity contribution is -0.122. The Labute approximate surface area is 166 Å². The molecule has 1 atom stereocenters. The van der Waals surface area contributed by atoms with Crippen molar-refractivity contribution < 1.29 is 4.79 Å². The van der Waals surface area contributed by atoms with E-state index in [-0.39, 0.29) is 11.9 Å². The second-order valence-corrected chi connectivity index (χ2v) is 8.76. The molecule has 3 heterocycles. The van der Waals surface area contributed by atoms with E-state index in [0.29, 0.717) is 18.1 Å². The van der Waals surface area contributed by atoms with Crippen LogP contribution in [0.3, 0.4) is 0 Å². The zero-order valence-electron chi connectivity index (χ0n) is 14.2. The summed E-state index contributed by atoms with van der Waals surface area (Å²) in [6, 6.07) is 14.2. The van der Waals surface area contributed by atoms with Crippen molar-refractivity contribution >= 4 is 40.2 Å². The fraction of sp³-hybridized carbons (Fsp3) is 0.250. The van der Waals surface area contributed by atoms with E-state index in [4.69, 9.17) is 11.6 Å². The molecule has 6 heteroatoms. The summed E-state index contributed by atoms with van der Waals surface area (Å²) in [7, 11) is 0. The van der Waals surface area contributed by atoms with Crippen LogP contribution in [0.4, 0.5) is 0 Å². The molecular formula is C20H19ClN2OS2. The highest BCUT2D eigenvalue weighted by molar-refractivity contribution is 7.10. The van der Waals surface area contributed by atoms with Crippen LogP contribution in [0.2, 0.25) is 5.02 Å².